The number of benzene rings is 3. The number of ether oxygens (including phenoxy) is 1. The number of carbonyl (C=O) groups is 2. The summed E-state index contributed by atoms with van der Waals surface area (Å²) in [5.74, 6) is -1.03. The molecule has 3 aromatic rings. The molecule has 0 aliphatic rings. The number of phenolic OH excluding ortho intramolecular Hbond substituents is 2. The zero-order valence-corrected chi connectivity index (χ0v) is 22.7. The number of halogens is 1. The van der Waals surface area contributed by atoms with E-state index in [1.807, 2.05) is 6.92 Å². The first-order valence-corrected chi connectivity index (χ1v) is 14.1. The largest absolute Gasteiger partial charge is 0.507 e. The van der Waals surface area contributed by atoms with Crippen LogP contribution in [0.3, 0.4) is 0 Å². The maximum Gasteiger partial charge on any atom is 0.265 e. The first-order valence-electron chi connectivity index (χ1n) is 12.1. The van der Waals surface area contributed by atoms with Crippen molar-refractivity contribution in [3.63, 3.8) is 0 Å². The molecular formula is C28H30ClNO7S. The number of phenols is 2. The number of aromatic hydroxyl groups is 2. The zero-order chi connectivity index (χ0) is 27.9. The minimum atomic E-state index is -3.47. The summed E-state index contributed by atoms with van der Waals surface area (Å²) in [4.78, 5) is 24.7. The van der Waals surface area contributed by atoms with Gasteiger partial charge in [-0.15, -0.1) is 0 Å². The van der Waals surface area contributed by atoms with Crippen LogP contribution in [0.5, 0.6) is 17.2 Å². The van der Waals surface area contributed by atoms with Crippen molar-refractivity contribution in [1.82, 2.24) is 0 Å². The number of anilines is 1. The van der Waals surface area contributed by atoms with Crippen LogP contribution < -0.4 is 10.1 Å². The molecule has 1 atom stereocenters. The molecule has 0 aliphatic carbocycles. The molecule has 38 heavy (non-hydrogen) atoms. The Morgan fingerprint density at radius 3 is 2.34 bits per heavy atom. The van der Waals surface area contributed by atoms with E-state index in [1.54, 1.807) is 12.1 Å². The van der Waals surface area contributed by atoms with Crippen LogP contribution in [0.2, 0.25) is 5.02 Å². The minimum Gasteiger partial charge on any atom is -0.507 e. The molecule has 1 amide bonds. The van der Waals surface area contributed by atoms with E-state index in [4.69, 9.17) is 16.3 Å². The Kier molecular flexibility index (Phi) is 9.77. The summed E-state index contributed by atoms with van der Waals surface area (Å²) in [7, 11) is -3.47. The number of Topliss-reactive ketones (excluding diaryl/α,β-unsaturated/α-hetero) is 1. The van der Waals surface area contributed by atoms with Gasteiger partial charge in [0.25, 0.3) is 5.91 Å². The average molecular weight is 560 g/mol. The maximum absolute atomic E-state index is 13.0. The average Bonchev–Trinajstić information content (AvgIpc) is 2.85. The van der Waals surface area contributed by atoms with E-state index in [1.165, 1.54) is 55.5 Å². The topological polar surface area (TPSA) is 130 Å². The number of aryl methyl sites for hydroxylation is 1. The number of carbonyl (C=O) groups excluding carboxylic acids is 2. The second-order valence-corrected chi connectivity index (χ2v) is 11.4. The highest BCUT2D eigenvalue weighted by molar-refractivity contribution is 7.91. The van der Waals surface area contributed by atoms with Crippen molar-refractivity contribution in [3.8, 4) is 17.2 Å². The van der Waals surface area contributed by atoms with E-state index in [9.17, 15) is 28.2 Å². The van der Waals surface area contributed by atoms with Gasteiger partial charge in [-0.3, -0.25) is 9.59 Å². The van der Waals surface area contributed by atoms with Gasteiger partial charge in [-0.25, -0.2) is 8.42 Å². The lowest BCUT2D eigenvalue weighted by Crippen LogP contribution is -2.33. The standard InChI is InChI=1S/C28H30ClNO7S/c1-3-5-27(37-21-10-13-23(18(2)31)26(33)17-21)28(34)30-24-16-19(7-14-25(24)32)6-4-15-38(35,36)22-11-8-20(29)9-12-22/h7-14,16-17,27,32-33H,3-6,15H2,1-2H3,(H,30,34). The molecule has 1 unspecified atom stereocenters. The summed E-state index contributed by atoms with van der Waals surface area (Å²) < 4.78 is 30.9. The van der Waals surface area contributed by atoms with Crippen LogP contribution in [0.1, 0.15) is 49.0 Å². The Hall–Kier alpha value is -3.56. The molecule has 0 radical (unpaired) electrons. The monoisotopic (exact) mass is 559 g/mol. The van der Waals surface area contributed by atoms with Crippen LogP contribution in [-0.4, -0.2) is 42.2 Å². The summed E-state index contributed by atoms with van der Waals surface area (Å²) in [6, 6.07) is 14.9. The van der Waals surface area contributed by atoms with E-state index in [2.05, 4.69) is 5.32 Å². The van der Waals surface area contributed by atoms with Gasteiger partial charge in [0, 0.05) is 11.1 Å². The molecule has 0 aliphatic heterocycles. The summed E-state index contributed by atoms with van der Waals surface area (Å²) in [6.07, 6.45) is 0.820. The molecule has 3 aromatic carbocycles. The van der Waals surface area contributed by atoms with Crippen LogP contribution in [0, 0.1) is 0 Å². The van der Waals surface area contributed by atoms with Gasteiger partial charge in [0.05, 0.1) is 21.9 Å². The summed E-state index contributed by atoms with van der Waals surface area (Å²) in [5.41, 5.74) is 1.06. The molecular weight excluding hydrogens is 530 g/mol. The smallest absolute Gasteiger partial charge is 0.265 e. The van der Waals surface area contributed by atoms with Crippen LogP contribution in [0.25, 0.3) is 0 Å². The van der Waals surface area contributed by atoms with Crippen molar-refractivity contribution in [2.24, 2.45) is 0 Å². The van der Waals surface area contributed by atoms with Gasteiger partial charge in [0.2, 0.25) is 0 Å². The van der Waals surface area contributed by atoms with E-state index in [0.29, 0.717) is 30.7 Å². The number of sulfone groups is 1. The highest BCUT2D eigenvalue weighted by Crippen LogP contribution is 2.28. The third kappa shape index (κ3) is 7.72. The van der Waals surface area contributed by atoms with E-state index in [0.717, 1.165) is 5.56 Å². The number of ketones is 1. The molecule has 0 saturated heterocycles. The molecule has 10 heteroatoms. The highest BCUT2D eigenvalue weighted by atomic mass is 35.5. The van der Waals surface area contributed by atoms with Crippen molar-refractivity contribution in [2.45, 2.75) is 50.5 Å². The number of hydrogen-bond donors (Lipinski definition) is 3. The fourth-order valence-corrected chi connectivity index (χ4v) is 5.27. The van der Waals surface area contributed by atoms with Gasteiger partial charge in [-0.1, -0.05) is 31.0 Å². The lowest BCUT2D eigenvalue weighted by molar-refractivity contribution is -0.123. The predicted molar refractivity (Wildman–Crippen MR) is 146 cm³/mol. The second kappa shape index (κ2) is 12.8. The Bertz CT molecular complexity index is 1410. The first kappa shape index (κ1) is 29.0. The van der Waals surface area contributed by atoms with Gasteiger partial charge >= 0.3 is 0 Å². The number of nitrogens with one attached hydrogen (secondary N) is 1. The molecule has 8 nitrogen and oxygen atoms in total. The van der Waals surface area contributed by atoms with Crippen LogP contribution in [0.4, 0.5) is 5.69 Å². The van der Waals surface area contributed by atoms with Crippen molar-refractivity contribution >= 4 is 38.8 Å². The molecule has 0 aromatic heterocycles. The van der Waals surface area contributed by atoms with Gasteiger partial charge in [0.15, 0.2) is 21.7 Å². The molecule has 3 N–H and O–H groups in total. The fourth-order valence-electron chi connectivity index (χ4n) is 3.83. The summed E-state index contributed by atoms with van der Waals surface area (Å²) >= 11 is 5.84. The molecule has 0 bridgehead atoms. The summed E-state index contributed by atoms with van der Waals surface area (Å²) in [6.45, 7) is 3.22. The highest BCUT2D eigenvalue weighted by Gasteiger charge is 2.22. The zero-order valence-electron chi connectivity index (χ0n) is 21.1. The Morgan fingerprint density at radius 1 is 1.00 bits per heavy atom. The molecule has 0 fully saturated rings. The quantitative estimate of drug-likeness (QED) is 0.196. The number of rotatable bonds is 12. The van der Waals surface area contributed by atoms with Crippen LogP contribution in [-0.2, 0) is 21.1 Å². The van der Waals surface area contributed by atoms with Crippen molar-refractivity contribution < 1.29 is 33.0 Å². The maximum atomic E-state index is 13.0. The lowest BCUT2D eigenvalue weighted by Gasteiger charge is -2.19. The summed E-state index contributed by atoms with van der Waals surface area (Å²) in [5, 5.41) is 23.5. The Morgan fingerprint density at radius 2 is 1.71 bits per heavy atom. The fraction of sp³-hybridized carbons (Fsp3) is 0.286. The van der Waals surface area contributed by atoms with Crippen molar-refractivity contribution in [1.29, 1.82) is 0 Å². The third-order valence-electron chi connectivity index (χ3n) is 5.84. The van der Waals surface area contributed by atoms with Crippen LogP contribution >= 0.6 is 11.6 Å². The van der Waals surface area contributed by atoms with Gasteiger partial charge in [-0.2, -0.15) is 0 Å². The predicted octanol–water partition coefficient (Wildman–Crippen LogP) is 5.55. The normalized spacial score (nSPS) is 12.1. The third-order valence-corrected chi connectivity index (χ3v) is 7.91. The molecule has 3 rings (SSSR count). The van der Waals surface area contributed by atoms with E-state index >= 15 is 0 Å². The van der Waals surface area contributed by atoms with Gasteiger partial charge in [-0.05, 0) is 80.3 Å². The van der Waals surface area contributed by atoms with Crippen molar-refractivity contribution in [2.75, 3.05) is 11.1 Å². The minimum absolute atomic E-state index is 0.0706. The SMILES string of the molecule is CCCC(Oc1ccc(C(C)=O)c(O)c1)C(=O)Nc1cc(CCCS(=O)(=O)c2ccc(Cl)cc2)ccc1O. The molecule has 0 saturated carbocycles. The number of hydrogen-bond acceptors (Lipinski definition) is 7. The van der Waals surface area contributed by atoms with E-state index in [-0.39, 0.29) is 44.9 Å². The van der Waals surface area contributed by atoms with Crippen molar-refractivity contribution in [3.05, 3.63) is 76.8 Å². The first-order chi connectivity index (χ1) is 18.0. The molecule has 0 spiro atoms. The lowest BCUT2D eigenvalue weighted by atomic mass is 10.1. The second-order valence-electron chi connectivity index (χ2n) is 8.85. The van der Waals surface area contributed by atoms with Gasteiger partial charge < -0.3 is 20.3 Å². The molecule has 0 heterocycles. The Labute approximate surface area is 227 Å². The Balaban J connectivity index is 1.66. The molecule has 202 valence electrons. The van der Waals surface area contributed by atoms with Crippen LogP contribution in [0.15, 0.2) is 65.6 Å². The number of amides is 1. The van der Waals surface area contributed by atoms with E-state index < -0.39 is 21.8 Å². The van der Waals surface area contributed by atoms with Gasteiger partial charge in [0.1, 0.15) is 17.2 Å².